The number of carbonyl (C=O) groups excluding carboxylic acids is 1. The molecular weight excluding hydrogens is 444 g/mol. The van der Waals surface area contributed by atoms with E-state index in [1.165, 1.54) is 40.9 Å². The number of carbonyl (C=O) groups is 1. The summed E-state index contributed by atoms with van der Waals surface area (Å²) in [7, 11) is 1.42. The maximum Gasteiger partial charge on any atom is 0.305 e. The Morgan fingerprint density at radius 3 is 2.65 bits per heavy atom. The number of pyridine rings is 1. The Morgan fingerprint density at radius 1 is 1.15 bits per heavy atom. The second-order valence-electron chi connectivity index (χ2n) is 8.88. The summed E-state index contributed by atoms with van der Waals surface area (Å²) < 4.78 is 7.17. The minimum absolute atomic E-state index is 0.0369. The van der Waals surface area contributed by atoms with E-state index in [-0.39, 0.29) is 18.1 Å². The average Bonchev–Trinajstić information content (AvgIpc) is 3.31. The number of methoxy groups -OCH3 is 1. The first kappa shape index (κ1) is 24.0. The number of hydrogen-bond donors (Lipinski definition) is 1. The molecule has 1 aromatic carbocycles. The normalized spacial score (nSPS) is 17.7. The molecule has 0 aliphatic carbocycles. The second-order valence-corrected chi connectivity index (χ2v) is 9.27. The Hall–Kier alpha value is -3.19. The summed E-state index contributed by atoms with van der Waals surface area (Å²) in [5.41, 5.74) is 8.25. The third kappa shape index (κ3) is 4.44. The van der Waals surface area contributed by atoms with Crippen LogP contribution >= 0.6 is 12.2 Å². The third-order valence-corrected chi connectivity index (χ3v) is 7.16. The molecule has 1 fully saturated rings. The molecule has 4 rings (SSSR count). The van der Waals surface area contributed by atoms with Crippen LogP contribution in [0.3, 0.4) is 0 Å². The van der Waals surface area contributed by atoms with Crippen LogP contribution in [-0.4, -0.2) is 39.2 Å². The number of benzene rings is 1. The van der Waals surface area contributed by atoms with Gasteiger partial charge in [-0.1, -0.05) is 18.2 Å². The maximum atomic E-state index is 11.7. The van der Waals surface area contributed by atoms with Gasteiger partial charge in [0.25, 0.3) is 0 Å². The first-order valence-electron chi connectivity index (χ1n) is 11.6. The van der Waals surface area contributed by atoms with Crippen molar-refractivity contribution in [3.8, 4) is 5.69 Å². The van der Waals surface area contributed by atoms with Crippen LogP contribution in [0.2, 0.25) is 0 Å². The van der Waals surface area contributed by atoms with E-state index < -0.39 is 0 Å². The van der Waals surface area contributed by atoms with Gasteiger partial charge in [0.05, 0.1) is 24.9 Å². The second kappa shape index (κ2) is 9.97. The predicted molar refractivity (Wildman–Crippen MR) is 138 cm³/mol. The van der Waals surface area contributed by atoms with Crippen LogP contribution in [0, 0.1) is 27.7 Å². The van der Waals surface area contributed by atoms with Gasteiger partial charge in [-0.2, -0.15) is 0 Å². The lowest BCUT2D eigenvalue weighted by Crippen LogP contribution is -2.31. The highest BCUT2D eigenvalue weighted by atomic mass is 32.1. The minimum Gasteiger partial charge on any atom is -0.469 e. The molecule has 178 valence electrons. The van der Waals surface area contributed by atoms with Gasteiger partial charge in [0.1, 0.15) is 0 Å². The van der Waals surface area contributed by atoms with Gasteiger partial charge in [-0.3, -0.25) is 9.78 Å². The Bertz CT molecular complexity index is 1200. The largest absolute Gasteiger partial charge is 0.469 e. The van der Waals surface area contributed by atoms with Gasteiger partial charge in [0.15, 0.2) is 5.11 Å². The van der Waals surface area contributed by atoms with Crippen LogP contribution < -0.4 is 5.32 Å². The number of ether oxygens (including phenoxy) is 1. The van der Waals surface area contributed by atoms with E-state index in [2.05, 4.69) is 71.7 Å². The number of aryl methyl sites for hydroxylation is 2. The first-order valence-corrected chi connectivity index (χ1v) is 12.0. The van der Waals surface area contributed by atoms with E-state index in [9.17, 15) is 4.79 Å². The highest BCUT2D eigenvalue weighted by Gasteiger charge is 2.41. The minimum atomic E-state index is -0.205. The highest BCUT2D eigenvalue weighted by Crippen LogP contribution is 2.41. The molecule has 0 amide bonds. The zero-order valence-corrected chi connectivity index (χ0v) is 21.3. The molecule has 34 heavy (non-hydrogen) atoms. The smallest absolute Gasteiger partial charge is 0.305 e. The van der Waals surface area contributed by atoms with Crippen LogP contribution in [0.25, 0.3) is 5.69 Å². The molecule has 3 aromatic rings. The van der Waals surface area contributed by atoms with E-state index in [1.54, 1.807) is 0 Å². The summed E-state index contributed by atoms with van der Waals surface area (Å²) in [6.45, 7) is 9.30. The van der Waals surface area contributed by atoms with E-state index in [1.807, 2.05) is 24.4 Å². The molecule has 2 atom stereocenters. The lowest BCUT2D eigenvalue weighted by molar-refractivity contribution is -0.140. The molecule has 7 heteroatoms. The molecule has 0 unspecified atom stereocenters. The molecule has 2 aromatic heterocycles. The van der Waals surface area contributed by atoms with Crippen molar-refractivity contribution in [2.75, 3.05) is 13.7 Å². The van der Waals surface area contributed by atoms with Crippen molar-refractivity contribution in [3.05, 3.63) is 82.4 Å². The van der Waals surface area contributed by atoms with E-state index in [0.717, 1.165) is 5.69 Å². The lowest BCUT2D eigenvalue weighted by Gasteiger charge is -2.28. The molecule has 1 aliphatic rings. The third-order valence-electron chi connectivity index (χ3n) is 6.81. The van der Waals surface area contributed by atoms with Gasteiger partial charge in [0, 0.05) is 36.2 Å². The van der Waals surface area contributed by atoms with E-state index in [0.29, 0.717) is 24.5 Å². The fourth-order valence-corrected chi connectivity index (χ4v) is 5.25. The van der Waals surface area contributed by atoms with Gasteiger partial charge >= 0.3 is 5.97 Å². The summed E-state index contributed by atoms with van der Waals surface area (Å²) >= 11 is 5.78. The van der Waals surface area contributed by atoms with Crippen molar-refractivity contribution in [1.29, 1.82) is 0 Å². The van der Waals surface area contributed by atoms with Crippen molar-refractivity contribution in [2.45, 2.75) is 52.6 Å². The number of nitrogens with zero attached hydrogens (tertiary/aromatic N) is 3. The molecule has 0 saturated carbocycles. The monoisotopic (exact) mass is 476 g/mol. The Balaban J connectivity index is 1.78. The van der Waals surface area contributed by atoms with Crippen molar-refractivity contribution in [1.82, 2.24) is 19.8 Å². The fourth-order valence-electron chi connectivity index (χ4n) is 4.92. The Labute approximate surface area is 207 Å². The zero-order chi connectivity index (χ0) is 24.4. The molecule has 1 saturated heterocycles. The summed E-state index contributed by atoms with van der Waals surface area (Å²) in [6.07, 6.45) is 2.84. The molecule has 6 nitrogen and oxygen atoms in total. The van der Waals surface area contributed by atoms with Crippen molar-refractivity contribution >= 4 is 23.3 Å². The van der Waals surface area contributed by atoms with Crippen molar-refractivity contribution in [2.24, 2.45) is 0 Å². The summed E-state index contributed by atoms with van der Waals surface area (Å²) in [5, 5.41) is 4.19. The first-order chi connectivity index (χ1) is 16.3. The van der Waals surface area contributed by atoms with Gasteiger partial charge in [-0.05, 0) is 87.3 Å². The van der Waals surface area contributed by atoms with Crippen LogP contribution in [-0.2, 0) is 9.53 Å². The molecular formula is C27H32N4O2S. The Kier molecular flexibility index (Phi) is 7.03. The summed E-state index contributed by atoms with van der Waals surface area (Å²) in [4.78, 5) is 18.6. The van der Waals surface area contributed by atoms with Gasteiger partial charge in [-0.15, -0.1) is 0 Å². The fraction of sp³-hybridized carbons (Fsp3) is 0.370. The van der Waals surface area contributed by atoms with E-state index in [4.69, 9.17) is 17.0 Å². The van der Waals surface area contributed by atoms with Gasteiger partial charge < -0.3 is 19.5 Å². The van der Waals surface area contributed by atoms with Crippen molar-refractivity contribution < 1.29 is 9.53 Å². The molecule has 0 radical (unpaired) electrons. The molecule has 0 spiro atoms. The topological polar surface area (TPSA) is 59.4 Å². The number of thiocarbonyl (C=S) groups is 1. The number of hydrogen-bond acceptors (Lipinski definition) is 4. The van der Waals surface area contributed by atoms with Crippen LogP contribution in [0.15, 0.2) is 48.7 Å². The van der Waals surface area contributed by atoms with Gasteiger partial charge in [0.2, 0.25) is 0 Å². The molecule has 1 aliphatic heterocycles. The average molecular weight is 477 g/mol. The van der Waals surface area contributed by atoms with Gasteiger partial charge in [-0.25, -0.2) is 0 Å². The number of aromatic nitrogens is 2. The molecule has 0 bridgehead atoms. The highest BCUT2D eigenvalue weighted by molar-refractivity contribution is 7.80. The number of rotatable bonds is 7. The molecule has 3 heterocycles. The zero-order valence-electron chi connectivity index (χ0n) is 20.5. The van der Waals surface area contributed by atoms with Crippen molar-refractivity contribution in [3.63, 3.8) is 0 Å². The quantitative estimate of drug-likeness (QED) is 0.381. The lowest BCUT2D eigenvalue weighted by atomic mass is 9.96. The van der Waals surface area contributed by atoms with Crippen LogP contribution in [0.4, 0.5) is 0 Å². The summed E-state index contributed by atoms with van der Waals surface area (Å²) in [6, 6.07) is 14.5. The maximum absolute atomic E-state index is 11.7. The van der Waals surface area contributed by atoms with Crippen LogP contribution in [0.5, 0.6) is 0 Å². The number of esters is 1. The van der Waals surface area contributed by atoms with E-state index >= 15 is 0 Å². The standard InChI is InChI=1S/C27H32N4O2S/c1-17-10-8-12-23(19(17)3)31-18(2)16-21(20(31)4)26-25(22-11-6-7-14-28-22)29-27(34)30(26)15-9-13-24(32)33-5/h6-8,10-12,14,16,25-26H,9,13,15H2,1-5H3,(H,29,34)/t25-,26-/m1/s1. The number of nitrogens with one attached hydrogen (secondary N) is 1. The summed E-state index contributed by atoms with van der Waals surface area (Å²) in [5.74, 6) is -0.205. The SMILES string of the molecule is COC(=O)CCCN1C(=S)N[C@H](c2ccccn2)[C@H]1c1cc(C)n(-c2cccc(C)c2C)c1C. The Morgan fingerprint density at radius 2 is 1.94 bits per heavy atom. The predicted octanol–water partition coefficient (Wildman–Crippen LogP) is 5.03. The molecule has 1 N–H and O–H groups in total. The van der Waals surface area contributed by atoms with Crippen LogP contribution in [0.1, 0.15) is 58.7 Å².